The van der Waals surface area contributed by atoms with E-state index in [0.29, 0.717) is 35.5 Å². The Bertz CT molecular complexity index is 1120. The largest absolute Gasteiger partial charge is 0.471 e. The number of likely N-dealkylation sites (N-methyl/N-ethyl adjacent to an activating group) is 1. The summed E-state index contributed by atoms with van der Waals surface area (Å²) >= 11 is 0. The van der Waals surface area contributed by atoms with Crippen molar-refractivity contribution >= 4 is 17.5 Å². The third-order valence-corrected chi connectivity index (χ3v) is 6.04. The fourth-order valence-corrected chi connectivity index (χ4v) is 4.17. The first kappa shape index (κ1) is 28.5. The third kappa shape index (κ3) is 7.22. The number of halogens is 6. The third-order valence-electron chi connectivity index (χ3n) is 6.04. The molecule has 0 saturated heterocycles. The molecule has 1 aliphatic heterocycles. The molecule has 3 rings (SSSR count). The fraction of sp³-hybridized carbons (Fsp3) is 0.440. The van der Waals surface area contributed by atoms with Crippen molar-refractivity contribution in [2.24, 2.45) is 0 Å². The van der Waals surface area contributed by atoms with Gasteiger partial charge in [-0.25, -0.2) is 0 Å². The van der Waals surface area contributed by atoms with E-state index < -0.39 is 42.8 Å². The molecule has 0 saturated carbocycles. The first-order valence-electron chi connectivity index (χ1n) is 11.6. The Kier molecular flexibility index (Phi) is 8.85. The monoisotopic (exact) mass is 530 g/mol. The Morgan fingerprint density at radius 3 is 2.30 bits per heavy atom. The topological polar surface area (TPSA) is 55.9 Å². The Labute approximate surface area is 210 Å². The lowest BCUT2D eigenvalue weighted by atomic mass is 9.98. The van der Waals surface area contributed by atoms with Crippen LogP contribution in [0.15, 0.2) is 42.5 Å². The van der Waals surface area contributed by atoms with Crippen LogP contribution in [0.25, 0.3) is 0 Å². The zero-order valence-corrected chi connectivity index (χ0v) is 20.4. The summed E-state index contributed by atoms with van der Waals surface area (Å²) in [6, 6.07) is 9.29. The normalized spacial score (nSPS) is 13.9. The van der Waals surface area contributed by atoms with Gasteiger partial charge in [-0.1, -0.05) is 30.3 Å². The number of carbonyl (C=O) groups is 2. The summed E-state index contributed by atoms with van der Waals surface area (Å²) in [5.74, 6) is -3.11. The summed E-state index contributed by atoms with van der Waals surface area (Å²) in [5, 5.41) is 3.10. The average Bonchev–Trinajstić information content (AvgIpc) is 2.83. The SMILES string of the molecule is CN(C)CCN(Cc1ccccc1C(F)(F)F)C(=O)CN(C(=O)C(F)(F)F)c1cccc2c1CCNC2. The van der Waals surface area contributed by atoms with E-state index in [4.69, 9.17) is 0 Å². The summed E-state index contributed by atoms with van der Waals surface area (Å²) in [6.45, 7) is -0.372. The molecule has 1 heterocycles. The van der Waals surface area contributed by atoms with Crippen molar-refractivity contribution in [3.8, 4) is 0 Å². The summed E-state index contributed by atoms with van der Waals surface area (Å²) in [7, 11) is 3.38. The molecule has 6 nitrogen and oxygen atoms in total. The quantitative estimate of drug-likeness (QED) is 0.528. The summed E-state index contributed by atoms with van der Waals surface area (Å²) < 4.78 is 81.4. The number of fused-ring (bicyclic) bond motifs is 1. The van der Waals surface area contributed by atoms with Crippen molar-refractivity contribution in [2.45, 2.75) is 31.9 Å². The molecule has 0 aliphatic carbocycles. The molecule has 0 radical (unpaired) electrons. The number of carbonyl (C=O) groups excluding carboxylic acids is 2. The van der Waals surface area contributed by atoms with Gasteiger partial charge in [-0.3, -0.25) is 14.5 Å². The second kappa shape index (κ2) is 11.5. The number of anilines is 1. The van der Waals surface area contributed by atoms with Gasteiger partial charge in [0.2, 0.25) is 5.91 Å². The number of benzene rings is 2. The van der Waals surface area contributed by atoms with E-state index in [2.05, 4.69) is 5.32 Å². The Morgan fingerprint density at radius 2 is 1.65 bits per heavy atom. The lowest BCUT2D eigenvalue weighted by Gasteiger charge is -2.32. The molecule has 0 bridgehead atoms. The molecule has 0 spiro atoms. The van der Waals surface area contributed by atoms with E-state index in [1.807, 2.05) is 0 Å². The zero-order valence-electron chi connectivity index (χ0n) is 20.4. The van der Waals surface area contributed by atoms with Gasteiger partial charge < -0.3 is 15.1 Å². The second-order valence-electron chi connectivity index (χ2n) is 9.00. The van der Waals surface area contributed by atoms with Crippen LogP contribution in [0.3, 0.4) is 0 Å². The maximum atomic E-state index is 13.6. The van der Waals surface area contributed by atoms with E-state index in [1.54, 1.807) is 25.1 Å². The molecule has 0 fully saturated rings. The Morgan fingerprint density at radius 1 is 0.946 bits per heavy atom. The van der Waals surface area contributed by atoms with Crippen LogP contribution in [-0.2, 0) is 35.3 Å². The molecular formula is C25H28F6N4O2. The van der Waals surface area contributed by atoms with E-state index in [1.165, 1.54) is 30.3 Å². The number of hydrogen-bond donors (Lipinski definition) is 1. The van der Waals surface area contributed by atoms with Crippen LogP contribution in [0.2, 0.25) is 0 Å². The van der Waals surface area contributed by atoms with Gasteiger partial charge in [0, 0.05) is 31.9 Å². The highest BCUT2D eigenvalue weighted by Gasteiger charge is 2.44. The minimum atomic E-state index is -5.26. The fourth-order valence-electron chi connectivity index (χ4n) is 4.17. The first-order valence-corrected chi connectivity index (χ1v) is 11.6. The molecule has 37 heavy (non-hydrogen) atoms. The smallest absolute Gasteiger partial charge is 0.336 e. The molecule has 0 atom stereocenters. The van der Waals surface area contributed by atoms with Crippen LogP contribution in [0.4, 0.5) is 32.0 Å². The molecule has 202 valence electrons. The number of hydrogen-bond acceptors (Lipinski definition) is 4. The number of rotatable bonds is 8. The van der Waals surface area contributed by atoms with Gasteiger partial charge in [-0.15, -0.1) is 0 Å². The van der Waals surface area contributed by atoms with Crippen LogP contribution in [0.5, 0.6) is 0 Å². The van der Waals surface area contributed by atoms with Gasteiger partial charge in [-0.2, -0.15) is 26.3 Å². The molecule has 12 heteroatoms. The predicted molar refractivity (Wildman–Crippen MR) is 126 cm³/mol. The molecule has 2 amide bonds. The van der Waals surface area contributed by atoms with Gasteiger partial charge in [0.25, 0.3) is 0 Å². The second-order valence-corrected chi connectivity index (χ2v) is 9.00. The summed E-state index contributed by atoms with van der Waals surface area (Å²) in [5.41, 5.74) is 0.0658. The molecular weight excluding hydrogens is 502 g/mol. The highest BCUT2D eigenvalue weighted by molar-refractivity contribution is 6.02. The van der Waals surface area contributed by atoms with Gasteiger partial charge in [-0.05, 0) is 55.9 Å². The van der Waals surface area contributed by atoms with E-state index in [9.17, 15) is 35.9 Å². The molecule has 1 aliphatic rings. The number of amides is 2. The van der Waals surface area contributed by atoms with Crippen molar-refractivity contribution in [1.82, 2.24) is 15.1 Å². The Balaban J connectivity index is 1.97. The minimum absolute atomic E-state index is 0.0297. The van der Waals surface area contributed by atoms with Gasteiger partial charge >= 0.3 is 18.3 Å². The average molecular weight is 531 g/mol. The first-order chi connectivity index (χ1) is 17.3. The van der Waals surface area contributed by atoms with E-state index in [0.717, 1.165) is 11.0 Å². The highest BCUT2D eigenvalue weighted by Crippen LogP contribution is 2.33. The number of alkyl halides is 6. The summed E-state index contributed by atoms with van der Waals surface area (Å²) in [4.78, 5) is 29.0. The van der Waals surface area contributed by atoms with Gasteiger partial charge in [0.1, 0.15) is 6.54 Å². The standard InChI is InChI=1S/C25H28F6N4O2/c1-33(2)12-13-34(15-18-6-3-4-8-20(18)24(26,27)28)22(36)16-35(23(37)25(29,30)31)21-9-5-7-17-14-32-11-10-19(17)21/h3-9,32H,10-16H2,1-2H3. The van der Waals surface area contributed by atoms with Crippen molar-refractivity contribution in [2.75, 3.05) is 45.2 Å². The van der Waals surface area contributed by atoms with Crippen LogP contribution in [0, 0.1) is 0 Å². The van der Waals surface area contributed by atoms with Crippen LogP contribution in [-0.4, -0.2) is 68.1 Å². The maximum Gasteiger partial charge on any atom is 0.471 e. The van der Waals surface area contributed by atoms with Gasteiger partial charge in [0.05, 0.1) is 5.56 Å². The molecule has 1 N–H and O–H groups in total. The lowest BCUT2D eigenvalue weighted by Crippen LogP contribution is -2.49. The van der Waals surface area contributed by atoms with Crippen LogP contribution in [0.1, 0.15) is 22.3 Å². The molecule has 0 unspecified atom stereocenters. The van der Waals surface area contributed by atoms with Crippen LogP contribution < -0.4 is 10.2 Å². The van der Waals surface area contributed by atoms with Crippen molar-refractivity contribution in [3.05, 3.63) is 64.7 Å². The Hall–Kier alpha value is -3.12. The van der Waals surface area contributed by atoms with Crippen molar-refractivity contribution in [1.29, 1.82) is 0 Å². The summed E-state index contributed by atoms with van der Waals surface area (Å²) in [6.07, 6.45) is -9.58. The number of nitrogens with one attached hydrogen (secondary N) is 1. The van der Waals surface area contributed by atoms with E-state index in [-0.39, 0.29) is 24.3 Å². The minimum Gasteiger partial charge on any atom is -0.336 e. The molecule has 2 aromatic carbocycles. The maximum absolute atomic E-state index is 13.6. The number of nitrogens with zero attached hydrogens (tertiary/aromatic N) is 3. The van der Waals surface area contributed by atoms with Gasteiger partial charge in [0.15, 0.2) is 0 Å². The van der Waals surface area contributed by atoms with E-state index >= 15 is 0 Å². The van der Waals surface area contributed by atoms with Crippen molar-refractivity contribution in [3.63, 3.8) is 0 Å². The highest BCUT2D eigenvalue weighted by atomic mass is 19.4. The zero-order chi connectivity index (χ0) is 27.4. The van der Waals surface area contributed by atoms with Crippen molar-refractivity contribution < 1.29 is 35.9 Å². The molecule has 0 aromatic heterocycles. The molecule has 2 aromatic rings. The predicted octanol–water partition coefficient (Wildman–Crippen LogP) is 3.84. The van der Waals surface area contributed by atoms with Crippen LogP contribution >= 0.6 is 0 Å². The lowest BCUT2D eigenvalue weighted by molar-refractivity contribution is -0.170.